The SMILES string of the molecule is O=[C]N(CCc1ccccc1)Oc1ccccc1. The Morgan fingerprint density at radius 3 is 2.17 bits per heavy atom. The Hall–Kier alpha value is -2.29. The molecule has 91 valence electrons. The molecule has 0 aliphatic carbocycles. The predicted octanol–water partition coefficient (Wildman–Crippen LogP) is 2.59. The van der Waals surface area contributed by atoms with Crippen molar-refractivity contribution in [2.24, 2.45) is 0 Å². The van der Waals surface area contributed by atoms with Gasteiger partial charge in [0, 0.05) is 0 Å². The van der Waals surface area contributed by atoms with Crippen molar-refractivity contribution in [3.8, 4) is 5.75 Å². The molecule has 3 heteroatoms. The number of amides is 1. The molecule has 2 rings (SSSR count). The molecule has 0 bridgehead atoms. The van der Waals surface area contributed by atoms with Crippen LogP contribution in [0.3, 0.4) is 0 Å². The lowest BCUT2D eigenvalue weighted by atomic mass is 10.1. The van der Waals surface area contributed by atoms with E-state index in [0.29, 0.717) is 12.3 Å². The van der Waals surface area contributed by atoms with Gasteiger partial charge in [-0.3, -0.25) is 4.79 Å². The van der Waals surface area contributed by atoms with Crippen LogP contribution in [0, 0.1) is 0 Å². The lowest BCUT2D eigenvalue weighted by Gasteiger charge is -2.16. The fourth-order valence-electron chi connectivity index (χ4n) is 1.59. The van der Waals surface area contributed by atoms with E-state index in [9.17, 15) is 4.79 Å². The zero-order valence-electron chi connectivity index (χ0n) is 9.95. The van der Waals surface area contributed by atoms with Crippen molar-refractivity contribution in [3.63, 3.8) is 0 Å². The first kappa shape index (κ1) is 12.2. The average Bonchev–Trinajstić information content (AvgIpc) is 2.45. The van der Waals surface area contributed by atoms with Crippen LogP contribution in [0.15, 0.2) is 60.7 Å². The third kappa shape index (κ3) is 3.63. The molecule has 0 saturated heterocycles. The van der Waals surface area contributed by atoms with Gasteiger partial charge in [-0.25, -0.2) is 0 Å². The second-order valence-electron chi connectivity index (χ2n) is 3.83. The molecule has 2 aromatic rings. The first-order valence-electron chi connectivity index (χ1n) is 5.81. The molecule has 0 saturated carbocycles. The van der Waals surface area contributed by atoms with Crippen LogP contribution < -0.4 is 4.84 Å². The Kier molecular flexibility index (Phi) is 4.36. The van der Waals surface area contributed by atoms with Gasteiger partial charge in [0.15, 0.2) is 5.75 Å². The monoisotopic (exact) mass is 240 g/mol. The standard InChI is InChI=1S/C15H14NO2/c17-13-16(18-15-9-5-2-6-10-15)12-11-14-7-3-1-4-8-14/h1-10H,11-12H2. The van der Waals surface area contributed by atoms with Crippen LogP contribution in [0.25, 0.3) is 0 Å². The summed E-state index contributed by atoms with van der Waals surface area (Å²) in [6, 6.07) is 19.2. The van der Waals surface area contributed by atoms with Gasteiger partial charge in [0.05, 0.1) is 6.54 Å². The maximum absolute atomic E-state index is 10.8. The van der Waals surface area contributed by atoms with Gasteiger partial charge < -0.3 is 4.84 Å². The highest BCUT2D eigenvalue weighted by Gasteiger charge is 2.05. The molecule has 18 heavy (non-hydrogen) atoms. The lowest BCUT2D eigenvalue weighted by Crippen LogP contribution is -2.28. The molecule has 2 aromatic carbocycles. The van der Waals surface area contributed by atoms with E-state index in [2.05, 4.69) is 0 Å². The Bertz CT molecular complexity index is 470. The van der Waals surface area contributed by atoms with E-state index in [-0.39, 0.29) is 0 Å². The van der Waals surface area contributed by atoms with Crippen molar-refractivity contribution in [1.29, 1.82) is 0 Å². The van der Waals surface area contributed by atoms with Crippen LogP contribution in [0.4, 0.5) is 0 Å². The molecule has 1 radical (unpaired) electrons. The van der Waals surface area contributed by atoms with Gasteiger partial charge in [0.25, 0.3) is 0 Å². The summed E-state index contributed by atoms with van der Waals surface area (Å²) < 4.78 is 0. The van der Waals surface area contributed by atoms with Crippen LogP contribution in [0.5, 0.6) is 5.75 Å². The number of para-hydroxylation sites is 1. The van der Waals surface area contributed by atoms with Gasteiger partial charge in [-0.2, -0.15) is 5.06 Å². The summed E-state index contributed by atoms with van der Waals surface area (Å²) in [6.45, 7) is 0.475. The van der Waals surface area contributed by atoms with Crippen molar-refractivity contribution >= 4 is 6.41 Å². The summed E-state index contributed by atoms with van der Waals surface area (Å²) in [5.41, 5.74) is 1.16. The van der Waals surface area contributed by atoms with Crippen LogP contribution in [0.1, 0.15) is 5.56 Å². The third-order valence-corrected chi connectivity index (χ3v) is 2.51. The minimum atomic E-state index is 0.475. The molecule has 0 heterocycles. The van der Waals surface area contributed by atoms with Crippen molar-refractivity contribution < 1.29 is 9.63 Å². The van der Waals surface area contributed by atoms with Crippen molar-refractivity contribution in [2.45, 2.75) is 6.42 Å². The molecule has 0 aromatic heterocycles. The molecule has 0 N–H and O–H groups in total. The molecular formula is C15H14NO2. The Balaban J connectivity index is 1.88. The third-order valence-electron chi connectivity index (χ3n) is 2.51. The molecule has 0 fully saturated rings. The number of hydroxylamine groups is 2. The minimum absolute atomic E-state index is 0.475. The van der Waals surface area contributed by atoms with Gasteiger partial charge in [-0.15, -0.1) is 0 Å². The summed E-state index contributed by atoms with van der Waals surface area (Å²) in [7, 11) is 0. The minimum Gasteiger partial charge on any atom is -0.376 e. The summed E-state index contributed by atoms with van der Waals surface area (Å²) >= 11 is 0. The van der Waals surface area contributed by atoms with E-state index in [1.165, 1.54) is 5.06 Å². The quantitative estimate of drug-likeness (QED) is 0.573. The van der Waals surface area contributed by atoms with Gasteiger partial charge >= 0.3 is 6.41 Å². The maximum Gasteiger partial charge on any atom is 0.347 e. The summed E-state index contributed by atoms with van der Waals surface area (Å²) in [4.78, 5) is 16.2. The number of rotatable bonds is 6. The van der Waals surface area contributed by atoms with Crippen molar-refractivity contribution in [3.05, 3.63) is 66.2 Å². The summed E-state index contributed by atoms with van der Waals surface area (Å²) in [5, 5.41) is 1.18. The van der Waals surface area contributed by atoms with E-state index in [4.69, 9.17) is 4.84 Å². The molecule has 0 aliphatic rings. The molecule has 0 aliphatic heterocycles. The summed E-state index contributed by atoms with van der Waals surface area (Å²) in [5.74, 6) is 0.633. The number of hydrogen-bond donors (Lipinski definition) is 0. The Morgan fingerprint density at radius 1 is 0.944 bits per heavy atom. The topological polar surface area (TPSA) is 29.5 Å². The van der Waals surface area contributed by atoms with Gasteiger partial charge in [-0.05, 0) is 24.1 Å². The van der Waals surface area contributed by atoms with E-state index in [1.54, 1.807) is 18.5 Å². The van der Waals surface area contributed by atoms with E-state index < -0.39 is 0 Å². The fourth-order valence-corrected chi connectivity index (χ4v) is 1.59. The van der Waals surface area contributed by atoms with E-state index >= 15 is 0 Å². The van der Waals surface area contributed by atoms with Crippen molar-refractivity contribution in [2.75, 3.05) is 6.54 Å². The average molecular weight is 240 g/mol. The molecule has 0 spiro atoms. The summed E-state index contributed by atoms with van der Waals surface area (Å²) in [6.07, 6.45) is 2.52. The van der Waals surface area contributed by atoms with Gasteiger partial charge in [0.2, 0.25) is 0 Å². The first-order chi connectivity index (χ1) is 8.88. The number of benzene rings is 2. The van der Waals surface area contributed by atoms with Crippen molar-refractivity contribution in [1.82, 2.24) is 5.06 Å². The largest absolute Gasteiger partial charge is 0.376 e. The van der Waals surface area contributed by atoms with Crippen LogP contribution >= 0.6 is 0 Å². The fraction of sp³-hybridized carbons (Fsp3) is 0.133. The van der Waals surface area contributed by atoms with Crippen LogP contribution in [0.2, 0.25) is 0 Å². The molecule has 3 nitrogen and oxygen atoms in total. The molecule has 0 unspecified atom stereocenters. The van der Waals surface area contributed by atoms with Gasteiger partial charge in [-0.1, -0.05) is 48.5 Å². The predicted molar refractivity (Wildman–Crippen MR) is 69.6 cm³/mol. The molecule has 0 atom stereocenters. The Morgan fingerprint density at radius 2 is 1.56 bits per heavy atom. The second kappa shape index (κ2) is 6.45. The van der Waals surface area contributed by atoms with Gasteiger partial charge in [0.1, 0.15) is 0 Å². The zero-order chi connectivity index (χ0) is 12.6. The second-order valence-corrected chi connectivity index (χ2v) is 3.83. The molecule has 1 amide bonds. The van der Waals surface area contributed by atoms with E-state index in [0.717, 1.165) is 12.0 Å². The molecular weight excluding hydrogens is 226 g/mol. The van der Waals surface area contributed by atoms with E-state index in [1.807, 2.05) is 48.5 Å². The highest BCUT2D eigenvalue weighted by molar-refractivity contribution is 5.47. The van der Waals surface area contributed by atoms with Crippen LogP contribution in [-0.2, 0) is 11.2 Å². The highest BCUT2D eigenvalue weighted by atomic mass is 16.7. The normalized spacial score (nSPS) is 9.78. The van der Waals surface area contributed by atoms with Crippen LogP contribution in [-0.4, -0.2) is 18.0 Å². The number of carbonyl (C=O) groups excluding carboxylic acids is 1. The number of nitrogens with zero attached hydrogens (tertiary/aromatic N) is 1. The maximum atomic E-state index is 10.8. The lowest BCUT2D eigenvalue weighted by molar-refractivity contribution is 0.0171. The zero-order valence-corrected chi connectivity index (χ0v) is 9.95. The number of hydrogen-bond acceptors (Lipinski definition) is 2. The highest BCUT2D eigenvalue weighted by Crippen LogP contribution is 2.10. The Labute approximate surface area is 107 Å². The first-order valence-corrected chi connectivity index (χ1v) is 5.81. The smallest absolute Gasteiger partial charge is 0.347 e.